The summed E-state index contributed by atoms with van der Waals surface area (Å²) in [5.41, 5.74) is 4.20. The van der Waals surface area contributed by atoms with Gasteiger partial charge in [0, 0.05) is 25.7 Å². The smallest absolute Gasteiger partial charge is 0.266 e. The van der Waals surface area contributed by atoms with Crippen molar-refractivity contribution in [2.75, 3.05) is 40.0 Å². The lowest BCUT2D eigenvalue weighted by atomic mass is 10.1. The fourth-order valence-electron chi connectivity index (χ4n) is 4.49. The van der Waals surface area contributed by atoms with Gasteiger partial charge in [0.25, 0.3) is 11.8 Å². The molecule has 218 valence electrons. The van der Waals surface area contributed by atoms with Crippen LogP contribution in [0.3, 0.4) is 0 Å². The number of carbonyl (C=O) groups excluding carboxylic acids is 2. The minimum atomic E-state index is -0.159. The third-order valence-electron chi connectivity index (χ3n) is 6.75. The molecule has 2 heterocycles. The monoisotopic (exact) mass is 649 g/mol. The first-order chi connectivity index (χ1) is 20.3. The third-order valence-corrected chi connectivity index (χ3v) is 8.40. The molecular weight excluding hydrogens is 618 g/mol. The van der Waals surface area contributed by atoms with Crippen LogP contribution in [0.2, 0.25) is 0 Å². The Bertz CT molecular complexity index is 1530. The highest BCUT2D eigenvalue weighted by molar-refractivity contribution is 9.10. The van der Waals surface area contributed by atoms with Crippen molar-refractivity contribution in [2.24, 2.45) is 4.99 Å². The summed E-state index contributed by atoms with van der Waals surface area (Å²) in [5.74, 6) is 0.987. The van der Waals surface area contributed by atoms with Gasteiger partial charge in [0.15, 0.2) is 16.7 Å². The molecule has 0 N–H and O–H groups in total. The Balaban J connectivity index is 1.35. The summed E-state index contributed by atoms with van der Waals surface area (Å²) in [5, 5.41) is 0.532. The van der Waals surface area contributed by atoms with Gasteiger partial charge in [-0.15, -0.1) is 0 Å². The Morgan fingerprint density at radius 3 is 2.60 bits per heavy atom. The van der Waals surface area contributed by atoms with E-state index in [0.717, 1.165) is 15.6 Å². The summed E-state index contributed by atoms with van der Waals surface area (Å²) in [4.78, 5) is 34.6. The van der Waals surface area contributed by atoms with E-state index in [2.05, 4.69) is 35.0 Å². The lowest BCUT2D eigenvalue weighted by molar-refractivity contribution is -0.121. The molecule has 3 aromatic carbocycles. The van der Waals surface area contributed by atoms with Crippen molar-refractivity contribution in [1.29, 1.82) is 0 Å². The number of nitrogens with zero attached hydrogens (tertiary/aromatic N) is 3. The Hall–Kier alpha value is -3.60. The number of thioether (sulfide) groups is 1. The number of ether oxygens (including phenoxy) is 3. The standard InChI is InChI=1S/C32H32BrN3O5S/c1-4-40-27-17-23(16-26(33)29(27)41-20-22-10-8-21(2)9-11-22)18-28-31(38)35(3)32(42-28)34-25-7-5-6-24(19-25)30(37)36-12-14-39-15-13-36/h5-11,16-19H,4,12-15,20H2,1-3H3/b28-18+,34-32?. The van der Waals surface area contributed by atoms with E-state index in [4.69, 9.17) is 19.2 Å². The zero-order valence-corrected chi connectivity index (χ0v) is 26.2. The number of halogens is 1. The average molecular weight is 651 g/mol. The van der Waals surface area contributed by atoms with E-state index < -0.39 is 0 Å². The molecule has 2 saturated heterocycles. The molecule has 2 aliphatic heterocycles. The van der Waals surface area contributed by atoms with Crippen LogP contribution in [0.4, 0.5) is 5.69 Å². The number of likely N-dealkylation sites (N-methyl/N-ethyl adjacent to an activating group) is 1. The number of amides is 2. The van der Waals surface area contributed by atoms with Crippen LogP contribution in [0, 0.1) is 6.92 Å². The largest absolute Gasteiger partial charge is 0.490 e. The molecule has 0 spiro atoms. The summed E-state index contributed by atoms with van der Waals surface area (Å²) in [6.07, 6.45) is 1.82. The summed E-state index contributed by atoms with van der Waals surface area (Å²) in [6.45, 7) is 7.05. The molecule has 2 amide bonds. The molecule has 3 aromatic rings. The normalized spacial score (nSPS) is 17.3. The second kappa shape index (κ2) is 13.6. The van der Waals surface area contributed by atoms with Crippen LogP contribution in [-0.2, 0) is 16.1 Å². The zero-order valence-electron chi connectivity index (χ0n) is 23.8. The Kier molecular flexibility index (Phi) is 9.66. The Morgan fingerprint density at radius 2 is 1.86 bits per heavy atom. The van der Waals surface area contributed by atoms with Gasteiger partial charge in [0.2, 0.25) is 0 Å². The van der Waals surface area contributed by atoms with Gasteiger partial charge in [-0.2, -0.15) is 0 Å². The minimum Gasteiger partial charge on any atom is -0.490 e. The van der Waals surface area contributed by atoms with Gasteiger partial charge in [0.1, 0.15) is 6.61 Å². The molecule has 0 aliphatic carbocycles. The minimum absolute atomic E-state index is 0.0496. The molecule has 0 aromatic heterocycles. The van der Waals surface area contributed by atoms with E-state index in [1.54, 1.807) is 30.1 Å². The molecule has 5 rings (SSSR count). The Morgan fingerprint density at radius 1 is 1.10 bits per heavy atom. The van der Waals surface area contributed by atoms with E-state index in [1.165, 1.54) is 22.2 Å². The molecule has 10 heteroatoms. The van der Waals surface area contributed by atoms with Crippen molar-refractivity contribution in [3.8, 4) is 11.5 Å². The molecular formula is C32H32BrN3O5S. The zero-order chi connectivity index (χ0) is 29.6. The highest BCUT2D eigenvalue weighted by atomic mass is 79.9. The van der Waals surface area contributed by atoms with Gasteiger partial charge in [0.05, 0.1) is 34.9 Å². The second-order valence-corrected chi connectivity index (χ2v) is 11.7. The maximum absolute atomic E-state index is 13.2. The average Bonchev–Trinajstić information content (AvgIpc) is 3.25. The summed E-state index contributed by atoms with van der Waals surface area (Å²) in [7, 11) is 1.70. The number of amidine groups is 1. The fraction of sp³-hybridized carbons (Fsp3) is 0.281. The van der Waals surface area contributed by atoms with E-state index >= 15 is 0 Å². The van der Waals surface area contributed by atoms with Crippen LogP contribution in [-0.4, -0.2) is 66.7 Å². The van der Waals surface area contributed by atoms with Gasteiger partial charge in [-0.05, 0) is 89.1 Å². The molecule has 0 saturated carbocycles. The van der Waals surface area contributed by atoms with Crippen LogP contribution in [0.5, 0.6) is 11.5 Å². The molecule has 0 unspecified atom stereocenters. The van der Waals surface area contributed by atoms with Crippen molar-refractivity contribution in [1.82, 2.24) is 9.80 Å². The first-order valence-electron chi connectivity index (χ1n) is 13.7. The summed E-state index contributed by atoms with van der Waals surface area (Å²) in [6, 6.07) is 19.1. The van der Waals surface area contributed by atoms with Crippen molar-refractivity contribution >= 4 is 56.4 Å². The first kappa shape index (κ1) is 29.9. The van der Waals surface area contributed by atoms with E-state index in [0.29, 0.717) is 72.3 Å². The fourth-order valence-corrected chi connectivity index (χ4v) is 6.05. The van der Waals surface area contributed by atoms with E-state index in [1.807, 2.05) is 43.3 Å². The summed E-state index contributed by atoms with van der Waals surface area (Å²) >= 11 is 4.92. The van der Waals surface area contributed by atoms with Crippen LogP contribution in [0.15, 0.2) is 75.0 Å². The number of carbonyl (C=O) groups is 2. The van der Waals surface area contributed by atoms with Crippen molar-refractivity contribution in [3.05, 3.63) is 92.3 Å². The predicted molar refractivity (Wildman–Crippen MR) is 169 cm³/mol. The number of rotatable bonds is 8. The molecule has 2 aliphatic rings. The lowest BCUT2D eigenvalue weighted by Crippen LogP contribution is -2.40. The topological polar surface area (TPSA) is 80.7 Å². The summed E-state index contributed by atoms with van der Waals surface area (Å²) < 4.78 is 18.1. The molecule has 0 atom stereocenters. The SMILES string of the molecule is CCOc1cc(/C=C2/SC(=Nc3cccc(C(=O)N4CCOCC4)c3)N(C)C2=O)cc(Br)c1OCc1ccc(C)cc1. The van der Waals surface area contributed by atoms with Gasteiger partial charge in [-0.3, -0.25) is 14.5 Å². The number of hydrogen-bond acceptors (Lipinski definition) is 7. The van der Waals surface area contributed by atoms with Crippen molar-refractivity contribution in [2.45, 2.75) is 20.5 Å². The first-order valence-corrected chi connectivity index (χ1v) is 15.3. The molecule has 42 heavy (non-hydrogen) atoms. The lowest BCUT2D eigenvalue weighted by Gasteiger charge is -2.26. The molecule has 8 nitrogen and oxygen atoms in total. The Labute approximate surface area is 258 Å². The molecule has 0 bridgehead atoms. The number of benzene rings is 3. The van der Waals surface area contributed by atoms with Gasteiger partial charge in [-0.25, -0.2) is 4.99 Å². The molecule has 0 radical (unpaired) electrons. The number of morpholine rings is 1. The third kappa shape index (κ3) is 7.06. The molecule has 2 fully saturated rings. The van der Waals surface area contributed by atoms with Crippen LogP contribution in [0.25, 0.3) is 6.08 Å². The maximum atomic E-state index is 13.2. The van der Waals surface area contributed by atoms with Gasteiger partial charge in [-0.1, -0.05) is 35.9 Å². The van der Waals surface area contributed by atoms with E-state index in [9.17, 15) is 9.59 Å². The van der Waals surface area contributed by atoms with Crippen LogP contribution in [0.1, 0.15) is 34.0 Å². The van der Waals surface area contributed by atoms with Crippen LogP contribution >= 0.6 is 27.7 Å². The second-order valence-electron chi connectivity index (χ2n) is 9.86. The van der Waals surface area contributed by atoms with Crippen LogP contribution < -0.4 is 9.47 Å². The number of aryl methyl sites for hydroxylation is 1. The predicted octanol–water partition coefficient (Wildman–Crippen LogP) is 6.44. The van der Waals surface area contributed by atoms with Gasteiger partial charge >= 0.3 is 0 Å². The highest BCUT2D eigenvalue weighted by Gasteiger charge is 2.31. The van der Waals surface area contributed by atoms with Crippen molar-refractivity contribution in [3.63, 3.8) is 0 Å². The number of aliphatic imine (C=N–C) groups is 1. The quantitative estimate of drug-likeness (QED) is 0.261. The number of hydrogen-bond donors (Lipinski definition) is 0. The van der Waals surface area contributed by atoms with E-state index in [-0.39, 0.29) is 11.8 Å². The van der Waals surface area contributed by atoms with Crippen molar-refractivity contribution < 1.29 is 23.8 Å². The van der Waals surface area contributed by atoms with Gasteiger partial charge < -0.3 is 19.1 Å². The highest BCUT2D eigenvalue weighted by Crippen LogP contribution is 2.40. The maximum Gasteiger partial charge on any atom is 0.266 e.